The van der Waals surface area contributed by atoms with E-state index in [2.05, 4.69) is 10.6 Å². The highest BCUT2D eigenvalue weighted by molar-refractivity contribution is 5.81. The zero-order valence-electron chi connectivity index (χ0n) is 7.58. The Labute approximate surface area is 77.5 Å². The van der Waals surface area contributed by atoms with Crippen LogP contribution in [-0.4, -0.2) is 50.0 Å². The Balaban J connectivity index is 2.13. The number of carbonyl (C=O) groups excluding carboxylic acids is 1. The molecule has 0 aromatic carbocycles. The zero-order chi connectivity index (χ0) is 9.52. The molecule has 3 N–H and O–H groups in total. The van der Waals surface area contributed by atoms with Crippen molar-refractivity contribution in [3.05, 3.63) is 0 Å². The molecule has 5 nitrogen and oxygen atoms in total. The van der Waals surface area contributed by atoms with Gasteiger partial charge < -0.3 is 20.5 Å². The van der Waals surface area contributed by atoms with Crippen molar-refractivity contribution >= 4 is 5.91 Å². The van der Waals surface area contributed by atoms with Crippen LogP contribution in [0.1, 0.15) is 6.42 Å². The van der Waals surface area contributed by atoms with E-state index in [-0.39, 0.29) is 18.6 Å². The third kappa shape index (κ3) is 3.71. The molecule has 1 heterocycles. The monoisotopic (exact) mass is 188 g/mol. The van der Waals surface area contributed by atoms with Crippen LogP contribution in [0.5, 0.6) is 0 Å². The summed E-state index contributed by atoms with van der Waals surface area (Å²) in [6.45, 7) is 2.45. The van der Waals surface area contributed by atoms with Crippen molar-refractivity contribution in [3.63, 3.8) is 0 Å². The Kier molecular flexibility index (Phi) is 4.74. The lowest BCUT2D eigenvalue weighted by molar-refractivity contribution is -0.125. The van der Waals surface area contributed by atoms with Gasteiger partial charge in [0.05, 0.1) is 13.2 Å². The molecule has 13 heavy (non-hydrogen) atoms. The summed E-state index contributed by atoms with van der Waals surface area (Å²) in [5.74, 6) is -0.0480. The number of nitrogens with one attached hydrogen (secondary N) is 2. The molecule has 5 heteroatoms. The Morgan fingerprint density at radius 1 is 1.69 bits per heavy atom. The van der Waals surface area contributed by atoms with E-state index in [1.54, 1.807) is 0 Å². The van der Waals surface area contributed by atoms with Crippen molar-refractivity contribution in [3.8, 4) is 0 Å². The van der Waals surface area contributed by atoms with Crippen LogP contribution in [0.25, 0.3) is 0 Å². The van der Waals surface area contributed by atoms with E-state index >= 15 is 0 Å². The largest absolute Gasteiger partial charge is 0.396 e. The van der Waals surface area contributed by atoms with Gasteiger partial charge in [-0.15, -0.1) is 0 Å². The zero-order valence-corrected chi connectivity index (χ0v) is 7.58. The number of morpholine rings is 1. The lowest BCUT2D eigenvalue weighted by Gasteiger charge is -2.22. The van der Waals surface area contributed by atoms with Crippen LogP contribution in [0, 0.1) is 0 Å². The van der Waals surface area contributed by atoms with Crippen molar-refractivity contribution in [1.82, 2.24) is 10.6 Å². The van der Waals surface area contributed by atoms with E-state index in [0.717, 1.165) is 6.54 Å². The molecule has 0 radical (unpaired) electrons. The van der Waals surface area contributed by atoms with Crippen molar-refractivity contribution < 1.29 is 14.6 Å². The van der Waals surface area contributed by atoms with Gasteiger partial charge in [-0.1, -0.05) is 0 Å². The molecule has 1 rings (SSSR count). The molecule has 1 amide bonds. The standard InChI is InChI=1S/C8H16N2O3/c11-4-1-2-10-8(12)7-6-13-5-3-9-7/h7,9,11H,1-6H2,(H,10,12). The first-order valence-corrected chi connectivity index (χ1v) is 4.54. The summed E-state index contributed by atoms with van der Waals surface area (Å²) in [6.07, 6.45) is 0.597. The molecule has 1 unspecified atom stereocenters. The van der Waals surface area contributed by atoms with Crippen molar-refractivity contribution in [2.45, 2.75) is 12.5 Å². The predicted molar refractivity (Wildman–Crippen MR) is 47.3 cm³/mol. The summed E-state index contributed by atoms with van der Waals surface area (Å²) in [6, 6.07) is -0.229. The van der Waals surface area contributed by atoms with Gasteiger partial charge in [-0.05, 0) is 6.42 Å². The smallest absolute Gasteiger partial charge is 0.239 e. The number of rotatable bonds is 4. The molecular weight excluding hydrogens is 172 g/mol. The van der Waals surface area contributed by atoms with Gasteiger partial charge in [0.15, 0.2) is 0 Å². The Bertz CT molecular complexity index is 157. The van der Waals surface area contributed by atoms with E-state index in [9.17, 15) is 4.79 Å². The number of hydrogen-bond acceptors (Lipinski definition) is 4. The lowest BCUT2D eigenvalue weighted by Crippen LogP contribution is -2.51. The van der Waals surface area contributed by atoms with Gasteiger partial charge in [0, 0.05) is 19.7 Å². The topological polar surface area (TPSA) is 70.6 Å². The predicted octanol–water partition coefficient (Wildman–Crippen LogP) is -1.53. The van der Waals surface area contributed by atoms with Crippen LogP contribution in [0.15, 0.2) is 0 Å². The summed E-state index contributed by atoms with van der Waals surface area (Å²) in [5, 5.41) is 14.3. The van der Waals surface area contributed by atoms with Gasteiger partial charge in [0.25, 0.3) is 0 Å². The van der Waals surface area contributed by atoms with Gasteiger partial charge in [-0.2, -0.15) is 0 Å². The van der Waals surface area contributed by atoms with E-state index in [1.165, 1.54) is 0 Å². The third-order valence-electron chi connectivity index (χ3n) is 1.87. The SMILES string of the molecule is O=C(NCCCO)C1COCCN1. The average Bonchev–Trinajstić information content (AvgIpc) is 2.19. The fourth-order valence-electron chi connectivity index (χ4n) is 1.15. The fourth-order valence-corrected chi connectivity index (χ4v) is 1.15. The normalized spacial score (nSPS) is 22.7. The molecule has 1 atom stereocenters. The highest BCUT2D eigenvalue weighted by Gasteiger charge is 2.20. The van der Waals surface area contributed by atoms with Gasteiger partial charge in [-0.3, -0.25) is 4.79 Å². The quantitative estimate of drug-likeness (QED) is 0.468. The second kappa shape index (κ2) is 5.90. The number of amides is 1. The maximum atomic E-state index is 11.3. The fraction of sp³-hybridized carbons (Fsp3) is 0.875. The minimum atomic E-state index is -0.229. The van der Waals surface area contributed by atoms with E-state index in [1.807, 2.05) is 0 Å². The summed E-state index contributed by atoms with van der Waals surface area (Å²) >= 11 is 0. The number of carbonyl (C=O) groups is 1. The lowest BCUT2D eigenvalue weighted by atomic mass is 10.2. The minimum Gasteiger partial charge on any atom is -0.396 e. The molecule has 1 saturated heterocycles. The second-order valence-corrected chi connectivity index (χ2v) is 2.95. The highest BCUT2D eigenvalue weighted by atomic mass is 16.5. The Hall–Kier alpha value is -0.650. The summed E-state index contributed by atoms with van der Waals surface area (Å²) in [7, 11) is 0. The minimum absolute atomic E-state index is 0.0480. The van der Waals surface area contributed by atoms with Crippen LogP contribution < -0.4 is 10.6 Å². The van der Waals surface area contributed by atoms with Gasteiger partial charge in [-0.25, -0.2) is 0 Å². The van der Waals surface area contributed by atoms with E-state index in [0.29, 0.717) is 26.2 Å². The number of aliphatic hydroxyl groups is 1. The summed E-state index contributed by atoms with van der Waals surface area (Å²) in [4.78, 5) is 11.3. The summed E-state index contributed by atoms with van der Waals surface area (Å²) < 4.78 is 5.14. The molecule has 76 valence electrons. The first-order chi connectivity index (χ1) is 6.34. The van der Waals surface area contributed by atoms with Gasteiger partial charge in [0.2, 0.25) is 5.91 Å². The average molecular weight is 188 g/mol. The van der Waals surface area contributed by atoms with Crippen LogP contribution in [0.3, 0.4) is 0 Å². The van der Waals surface area contributed by atoms with Crippen molar-refractivity contribution in [2.24, 2.45) is 0 Å². The van der Waals surface area contributed by atoms with E-state index < -0.39 is 0 Å². The molecule has 1 fully saturated rings. The number of aliphatic hydroxyl groups excluding tert-OH is 1. The molecule has 1 aliphatic rings. The van der Waals surface area contributed by atoms with Crippen LogP contribution in [0.4, 0.5) is 0 Å². The van der Waals surface area contributed by atoms with E-state index in [4.69, 9.17) is 9.84 Å². The molecule has 0 aromatic heterocycles. The molecule has 0 aliphatic carbocycles. The molecule has 0 aromatic rings. The summed E-state index contributed by atoms with van der Waals surface area (Å²) in [5.41, 5.74) is 0. The maximum Gasteiger partial charge on any atom is 0.239 e. The molecule has 0 saturated carbocycles. The Morgan fingerprint density at radius 2 is 2.54 bits per heavy atom. The van der Waals surface area contributed by atoms with Gasteiger partial charge >= 0.3 is 0 Å². The van der Waals surface area contributed by atoms with Crippen molar-refractivity contribution in [1.29, 1.82) is 0 Å². The molecular formula is C8H16N2O3. The first-order valence-electron chi connectivity index (χ1n) is 4.54. The second-order valence-electron chi connectivity index (χ2n) is 2.95. The molecule has 0 spiro atoms. The number of hydrogen-bond donors (Lipinski definition) is 3. The maximum absolute atomic E-state index is 11.3. The van der Waals surface area contributed by atoms with Crippen LogP contribution in [0.2, 0.25) is 0 Å². The van der Waals surface area contributed by atoms with Gasteiger partial charge in [0.1, 0.15) is 6.04 Å². The molecule has 0 bridgehead atoms. The first kappa shape index (κ1) is 10.4. The van der Waals surface area contributed by atoms with Crippen LogP contribution >= 0.6 is 0 Å². The molecule has 1 aliphatic heterocycles. The Morgan fingerprint density at radius 3 is 3.15 bits per heavy atom. The number of ether oxygens (including phenoxy) is 1. The van der Waals surface area contributed by atoms with Crippen molar-refractivity contribution in [2.75, 3.05) is 32.9 Å². The highest BCUT2D eigenvalue weighted by Crippen LogP contribution is 1.92. The van der Waals surface area contributed by atoms with Crippen LogP contribution in [-0.2, 0) is 9.53 Å². The third-order valence-corrected chi connectivity index (χ3v) is 1.87.